The van der Waals surface area contributed by atoms with Gasteiger partial charge in [0, 0.05) is 7.11 Å². The molecule has 0 unspecified atom stereocenters. The van der Waals surface area contributed by atoms with E-state index in [4.69, 9.17) is 4.74 Å². The van der Waals surface area contributed by atoms with Gasteiger partial charge in [0.05, 0.1) is 17.5 Å². The lowest BCUT2D eigenvalue weighted by Crippen LogP contribution is -2.42. The van der Waals surface area contributed by atoms with Crippen LogP contribution in [0.3, 0.4) is 0 Å². The van der Waals surface area contributed by atoms with Gasteiger partial charge in [0.25, 0.3) is 0 Å². The predicted molar refractivity (Wildman–Crippen MR) is 88.6 cm³/mol. The molecule has 2 aromatic carbocycles. The number of hydrogen-bond donors (Lipinski definition) is 2. The summed E-state index contributed by atoms with van der Waals surface area (Å²) in [6, 6.07) is 14.9. The van der Waals surface area contributed by atoms with Gasteiger partial charge in [-0.2, -0.15) is 0 Å². The van der Waals surface area contributed by atoms with Crippen LogP contribution in [0.2, 0.25) is 0 Å². The molecule has 0 aliphatic carbocycles. The van der Waals surface area contributed by atoms with Crippen LogP contribution in [0.25, 0.3) is 0 Å². The number of ether oxygens (including phenoxy) is 1. The van der Waals surface area contributed by atoms with Crippen LogP contribution < -0.4 is 4.72 Å². The fourth-order valence-corrected chi connectivity index (χ4v) is 3.58. The van der Waals surface area contributed by atoms with Crippen LogP contribution >= 0.6 is 0 Å². The average Bonchev–Trinajstić information content (AvgIpc) is 2.56. The first-order valence-electron chi connectivity index (χ1n) is 7.25. The Bertz CT molecular complexity index is 714. The lowest BCUT2D eigenvalue weighted by molar-refractivity contribution is 0.0531. The highest BCUT2D eigenvalue weighted by Gasteiger charge is 2.27. The van der Waals surface area contributed by atoms with Crippen molar-refractivity contribution >= 4 is 10.0 Å². The topological polar surface area (TPSA) is 75.6 Å². The molecule has 2 N–H and O–H groups in total. The van der Waals surface area contributed by atoms with Crippen molar-refractivity contribution in [3.05, 3.63) is 65.7 Å². The summed E-state index contributed by atoms with van der Waals surface area (Å²) in [5.41, 5.74) is 1.77. The number of aryl methyl sites for hydroxylation is 1. The molecule has 0 radical (unpaired) electrons. The predicted octanol–water partition coefficient (Wildman–Crippen LogP) is 2.02. The Kier molecular flexibility index (Phi) is 5.90. The highest BCUT2D eigenvalue weighted by molar-refractivity contribution is 7.89. The van der Waals surface area contributed by atoms with Gasteiger partial charge in [0.2, 0.25) is 10.0 Å². The highest BCUT2D eigenvalue weighted by atomic mass is 32.2. The van der Waals surface area contributed by atoms with Crippen LogP contribution in [-0.4, -0.2) is 33.3 Å². The molecule has 2 aromatic rings. The third-order valence-corrected chi connectivity index (χ3v) is 5.09. The SMILES string of the molecule is CO[C@@H](c1ccccc1)[C@@H](CO)NS(=O)(=O)c1ccc(C)cc1. The quantitative estimate of drug-likeness (QED) is 0.812. The van der Waals surface area contributed by atoms with E-state index in [1.165, 1.54) is 19.2 Å². The molecule has 0 aliphatic heterocycles. The van der Waals surface area contributed by atoms with Crippen molar-refractivity contribution in [2.24, 2.45) is 0 Å². The Labute approximate surface area is 137 Å². The number of rotatable bonds is 7. The number of aliphatic hydroxyl groups excluding tert-OH is 1. The average molecular weight is 335 g/mol. The number of nitrogens with one attached hydrogen (secondary N) is 1. The first-order chi connectivity index (χ1) is 11.0. The van der Waals surface area contributed by atoms with Crippen molar-refractivity contribution in [2.75, 3.05) is 13.7 Å². The van der Waals surface area contributed by atoms with Gasteiger partial charge >= 0.3 is 0 Å². The van der Waals surface area contributed by atoms with Crippen molar-refractivity contribution < 1.29 is 18.3 Å². The second kappa shape index (κ2) is 7.70. The van der Waals surface area contributed by atoms with E-state index < -0.39 is 22.2 Å². The number of methoxy groups -OCH3 is 1. The van der Waals surface area contributed by atoms with Gasteiger partial charge in [0.1, 0.15) is 6.10 Å². The summed E-state index contributed by atoms with van der Waals surface area (Å²) in [6.45, 7) is 1.51. The fourth-order valence-electron chi connectivity index (χ4n) is 2.35. The molecule has 0 aliphatic rings. The smallest absolute Gasteiger partial charge is 0.240 e. The first-order valence-corrected chi connectivity index (χ1v) is 8.74. The zero-order valence-electron chi connectivity index (χ0n) is 13.1. The third-order valence-electron chi connectivity index (χ3n) is 3.58. The maximum absolute atomic E-state index is 12.5. The molecule has 124 valence electrons. The van der Waals surface area contributed by atoms with Crippen LogP contribution in [-0.2, 0) is 14.8 Å². The fraction of sp³-hybridized carbons (Fsp3) is 0.294. The number of hydrogen-bond acceptors (Lipinski definition) is 4. The van der Waals surface area contributed by atoms with E-state index in [-0.39, 0.29) is 11.5 Å². The van der Waals surface area contributed by atoms with Crippen LogP contribution in [0, 0.1) is 6.92 Å². The van der Waals surface area contributed by atoms with Gasteiger partial charge in [0.15, 0.2) is 0 Å². The van der Waals surface area contributed by atoms with Crippen LogP contribution in [0.15, 0.2) is 59.5 Å². The second-order valence-corrected chi connectivity index (χ2v) is 7.00. The number of aliphatic hydroxyl groups is 1. The molecule has 0 saturated heterocycles. The molecule has 0 spiro atoms. The van der Waals surface area contributed by atoms with Gasteiger partial charge in [-0.15, -0.1) is 0 Å². The van der Waals surface area contributed by atoms with E-state index in [9.17, 15) is 13.5 Å². The summed E-state index contributed by atoms with van der Waals surface area (Å²) in [7, 11) is -2.25. The van der Waals surface area contributed by atoms with Gasteiger partial charge in [-0.25, -0.2) is 13.1 Å². The molecule has 0 aromatic heterocycles. The van der Waals surface area contributed by atoms with E-state index in [1.54, 1.807) is 12.1 Å². The Balaban J connectivity index is 2.25. The Hall–Kier alpha value is -1.73. The van der Waals surface area contributed by atoms with Gasteiger partial charge < -0.3 is 9.84 Å². The maximum Gasteiger partial charge on any atom is 0.240 e. The van der Waals surface area contributed by atoms with E-state index in [0.717, 1.165) is 11.1 Å². The van der Waals surface area contributed by atoms with Gasteiger partial charge in [-0.05, 0) is 24.6 Å². The normalized spacial score (nSPS) is 14.4. The number of sulfonamides is 1. The molecule has 0 fully saturated rings. The van der Waals surface area contributed by atoms with Crippen LogP contribution in [0.5, 0.6) is 0 Å². The molecule has 2 atom stereocenters. The highest BCUT2D eigenvalue weighted by Crippen LogP contribution is 2.22. The van der Waals surface area contributed by atoms with Gasteiger partial charge in [-0.3, -0.25) is 0 Å². The monoisotopic (exact) mass is 335 g/mol. The molecule has 23 heavy (non-hydrogen) atoms. The zero-order valence-corrected chi connectivity index (χ0v) is 14.0. The summed E-state index contributed by atoms with van der Waals surface area (Å²) in [5, 5.41) is 9.64. The third kappa shape index (κ3) is 4.39. The molecule has 0 bridgehead atoms. The summed E-state index contributed by atoms with van der Waals surface area (Å²) >= 11 is 0. The largest absolute Gasteiger partial charge is 0.395 e. The van der Waals surface area contributed by atoms with Crippen molar-refractivity contribution in [3.63, 3.8) is 0 Å². The minimum absolute atomic E-state index is 0.157. The van der Waals surface area contributed by atoms with Crippen molar-refractivity contribution in [2.45, 2.75) is 24.0 Å². The van der Waals surface area contributed by atoms with Crippen molar-refractivity contribution in [1.29, 1.82) is 0 Å². The summed E-state index contributed by atoms with van der Waals surface area (Å²) < 4.78 is 32.9. The van der Waals surface area contributed by atoms with E-state index in [0.29, 0.717) is 0 Å². The molecule has 6 heteroatoms. The van der Waals surface area contributed by atoms with E-state index in [2.05, 4.69) is 4.72 Å². The summed E-state index contributed by atoms with van der Waals surface area (Å²) in [5.74, 6) is 0. The lowest BCUT2D eigenvalue weighted by atomic mass is 10.0. The van der Waals surface area contributed by atoms with Crippen molar-refractivity contribution in [1.82, 2.24) is 4.72 Å². The molecule has 0 saturated carbocycles. The first kappa shape index (κ1) is 17.6. The molecule has 0 heterocycles. The van der Waals surface area contributed by atoms with Crippen molar-refractivity contribution in [3.8, 4) is 0 Å². The van der Waals surface area contributed by atoms with E-state index in [1.807, 2.05) is 37.3 Å². The standard InChI is InChI=1S/C17H21NO4S/c1-13-8-10-15(11-9-13)23(20,21)18-16(12-19)17(22-2)14-6-4-3-5-7-14/h3-11,16-19H,12H2,1-2H3/t16-,17+/m1/s1. The summed E-state index contributed by atoms with van der Waals surface area (Å²) in [6.07, 6.45) is -0.582. The molecule has 2 rings (SSSR count). The second-order valence-electron chi connectivity index (χ2n) is 5.29. The van der Waals surface area contributed by atoms with E-state index >= 15 is 0 Å². The molecule has 5 nitrogen and oxygen atoms in total. The molecular formula is C17H21NO4S. The lowest BCUT2D eigenvalue weighted by Gasteiger charge is -2.25. The minimum Gasteiger partial charge on any atom is -0.395 e. The maximum atomic E-state index is 12.5. The Morgan fingerprint density at radius 3 is 2.22 bits per heavy atom. The Morgan fingerprint density at radius 1 is 1.09 bits per heavy atom. The Morgan fingerprint density at radius 2 is 1.70 bits per heavy atom. The van der Waals surface area contributed by atoms with Crippen LogP contribution in [0.4, 0.5) is 0 Å². The zero-order chi connectivity index (χ0) is 16.9. The van der Waals surface area contributed by atoms with Gasteiger partial charge in [-0.1, -0.05) is 48.0 Å². The number of benzene rings is 2. The minimum atomic E-state index is -3.74. The molecule has 0 amide bonds. The summed E-state index contributed by atoms with van der Waals surface area (Å²) in [4.78, 5) is 0.157. The van der Waals surface area contributed by atoms with Crippen LogP contribution in [0.1, 0.15) is 17.2 Å². The molecular weight excluding hydrogens is 314 g/mol.